The van der Waals surface area contributed by atoms with Crippen LogP contribution < -0.4 is 16.2 Å². The van der Waals surface area contributed by atoms with E-state index < -0.39 is 5.91 Å². The van der Waals surface area contributed by atoms with Gasteiger partial charge in [-0.1, -0.05) is 22.9 Å². The number of amides is 2. The Labute approximate surface area is 168 Å². The second kappa shape index (κ2) is 7.54. The Balaban J connectivity index is 1.41. The number of anilines is 1. The maximum Gasteiger partial charge on any atom is 0.270 e. The molecule has 0 bridgehead atoms. The smallest absolute Gasteiger partial charge is 0.270 e. The number of aromatic nitrogens is 2. The highest BCUT2D eigenvalue weighted by Gasteiger charge is 2.28. The molecule has 0 saturated heterocycles. The van der Waals surface area contributed by atoms with Crippen molar-refractivity contribution < 1.29 is 14.1 Å². The van der Waals surface area contributed by atoms with Gasteiger partial charge in [-0.3, -0.25) is 20.4 Å². The molecule has 0 aliphatic heterocycles. The van der Waals surface area contributed by atoms with Crippen molar-refractivity contribution in [3.63, 3.8) is 0 Å². The van der Waals surface area contributed by atoms with E-state index >= 15 is 0 Å². The maximum absolute atomic E-state index is 12.7. The largest absolute Gasteiger partial charge is 0.376 e. The third kappa shape index (κ3) is 4.06. The lowest BCUT2D eigenvalue weighted by atomic mass is 10.1. The molecule has 2 heterocycles. The predicted octanol–water partition coefficient (Wildman–Crippen LogP) is 2.90. The second-order valence-corrected chi connectivity index (χ2v) is 7.49. The van der Waals surface area contributed by atoms with Crippen molar-refractivity contribution in [2.75, 3.05) is 11.9 Å². The Kier molecular flexibility index (Phi) is 4.92. The molecule has 29 heavy (non-hydrogen) atoms. The van der Waals surface area contributed by atoms with Crippen LogP contribution in [0.2, 0.25) is 0 Å². The molecule has 8 nitrogen and oxygen atoms in total. The molecule has 1 saturated carbocycles. The third-order valence-corrected chi connectivity index (χ3v) is 5.01. The number of pyridine rings is 1. The van der Waals surface area contributed by atoms with Crippen molar-refractivity contribution in [3.05, 3.63) is 52.3 Å². The lowest BCUT2D eigenvalue weighted by molar-refractivity contribution is -0.120. The first-order valence-corrected chi connectivity index (χ1v) is 9.59. The summed E-state index contributed by atoms with van der Waals surface area (Å²) in [7, 11) is 0. The van der Waals surface area contributed by atoms with Crippen LogP contribution in [0.4, 0.5) is 5.69 Å². The van der Waals surface area contributed by atoms with Crippen LogP contribution in [0.15, 0.2) is 28.8 Å². The first-order valence-electron chi connectivity index (χ1n) is 9.59. The standard InChI is InChI=1S/C21H23N5O3/c1-11-4-7-16(12(2)8-11)22-10-18(27)24-25-20(28)15-9-17(14-5-6-14)23-21-19(15)13(3)26-29-21/h4,7-9,14,22H,5-6,10H2,1-3H3,(H,24,27)(H,25,28). The predicted molar refractivity (Wildman–Crippen MR) is 109 cm³/mol. The minimum atomic E-state index is -0.425. The number of carbonyl (C=O) groups is 2. The fourth-order valence-electron chi connectivity index (χ4n) is 3.31. The lowest BCUT2D eigenvalue weighted by Gasteiger charge is -2.12. The van der Waals surface area contributed by atoms with E-state index in [0.717, 1.165) is 35.3 Å². The van der Waals surface area contributed by atoms with Gasteiger partial charge in [-0.25, -0.2) is 4.98 Å². The summed E-state index contributed by atoms with van der Waals surface area (Å²) in [6, 6.07) is 7.70. The highest BCUT2D eigenvalue weighted by molar-refractivity contribution is 6.06. The Bertz CT molecular complexity index is 1100. The molecular formula is C21H23N5O3. The molecule has 3 aromatic rings. The van der Waals surface area contributed by atoms with Crippen LogP contribution in [0.3, 0.4) is 0 Å². The van der Waals surface area contributed by atoms with Gasteiger partial charge in [0.2, 0.25) is 0 Å². The molecule has 0 spiro atoms. The molecule has 2 amide bonds. The van der Waals surface area contributed by atoms with Crippen molar-refractivity contribution in [3.8, 4) is 0 Å². The molecule has 3 N–H and O–H groups in total. The fourth-order valence-corrected chi connectivity index (χ4v) is 3.31. The zero-order valence-corrected chi connectivity index (χ0v) is 16.6. The van der Waals surface area contributed by atoms with Gasteiger partial charge in [0.15, 0.2) is 0 Å². The van der Waals surface area contributed by atoms with E-state index in [-0.39, 0.29) is 12.5 Å². The number of fused-ring (bicyclic) bond motifs is 1. The molecule has 0 radical (unpaired) electrons. The van der Waals surface area contributed by atoms with E-state index in [1.807, 2.05) is 32.0 Å². The number of aryl methyl sites for hydroxylation is 3. The number of benzene rings is 1. The van der Waals surface area contributed by atoms with E-state index in [9.17, 15) is 9.59 Å². The summed E-state index contributed by atoms with van der Waals surface area (Å²) >= 11 is 0. The van der Waals surface area contributed by atoms with Gasteiger partial charge in [-0.15, -0.1) is 0 Å². The number of nitrogens with one attached hydrogen (secondary N) is 3. The molecule has 1 aliphatic rings. The zero-order valence-electron chi connectivity index (χ0n) is 16.6. The summed E-state index contributed by atoms with van der Waals surface area (Å²) in [6.45, 7) is 5.78. The van der Waals surface area contributed by atoms with Gasteiger partial charge < -0.3 is 9.84 Å². The van der Waals surface area contributed by atoms with Crippen LogP contribution >= 0.6 is 0 Å². The van der Waals surface area contributed by atoms with E-state index in [1.54, 1.807) is 13.0 Å². The van der Waals surface area contributed by atoms with Gasteiger partial charge in [0.1, 0.15) is 0 Å². The highest BCUT2D eigenvalue weighted by Crippen LogP contribution is 2.40. The first-order chi connectivity index (χ1) is 13.9. The summed E-state index contributed by atoms with van der Waals surface area (Å²) in [6.07, 6.45) is 2.10. The van der Waals surface area contributed by atoms with Crippen LogP contribution in [0.25, 0.3) is 11.1 Å². The molecule has 0 atom stereocenters. The summed E-state index contributed by atoms with van der Waals surface area (Å²) in [5.41, 5.74) is 10.2. The van der Waals surface area contributed by atoms with Crippen molar-refractivity contribution in [1.29, 1.82) is 0 Å². The molecule has 4 rings (SSSR count). The SMILES string of the molecule is Cc1ccc(NCC(=O)NNC(=O)c2cc(C3CC3)nc3onc(C)c23)c(C)c1. The van der Waals surface area contributed by atoms with E-state index in [0.29, 0.717) is 28.3 Å². The van der Waals surface area contributed by atoms with Crippen LogP contribution in [0.5, 0.6) is 0 Å². The van der Waals surface area contributed by atoms with E-state index in [1.165, 1.54) is 0 Å². The second-order valence-electron chi connectivity index (χ2n) is 7.49. The Morgan fingerprint density at radius 1 is 1.14 bits per heavy atom. The number of nitrogens with zero attached hydrogens (tertiary/aromatic N) is 2. The van der Waals surface area contributed by atoms with Gasteiger partial charge in [0, 0.05) is 17.3 Å². The first kappa shape index (κ1) is 18.9. The summed E-state index contributed by atoms with van der Waals surface area (Å²) in [5, 5.41) is 7.55. The summed E-state index contributed by atoms with van der Waals surface area (Å²) in [4.78, 5) is 29.4. The van der Waals surface area contributed by atoms with Gasteiger partial charge in [-0.05, 0) is 51.3 Å². The average Bonchev–Trinajstić information content (AvgIpc) is 3.48. The average molecular weight is 393 g/mol. The molecule has 8 heteroatoms. The number of rotatable bonds is 5. The molecular weight excluding hydrogens is 370 g/mol. The Morgan fingerprint density at radius 3 is 2.66 bits per heavy atom. The lowest BCUT2D eigenvalue weighted by Crippen LogP contribution is -2.44. The van der Waals surface area contributed by atoms with Crippen LogP contribution in [-0.2, 0) is 4.79 Å². The summed E-state index contributed by atoms with van der Waals surface area (Å²) in [5.74, 6) is -0.425. The van der Waals surface area contributed by atoms with Gasteiger partial charge in [0.25, 0.3) is 17.5 Å². The molecule has 2 aromatic heterocycles. The molecule has 0 unspecified atom stereocenters. The topological polar surface area (TPSA) is 109 Å². The summed E-state index contributed by atoms with van der Waals surface area (Å²) < 4.78 is 5.25. The minimum Gasteiger partial charge on any atom is -0.376 e. The fraction of sp³-hybridized carbons (Fsp3) is 0.333. The van der Waals surface area contributed by atoms with Crippen LogP contribution in [0.1, 0.15) is 51.6 Å². The highest BCUT2D eigenvalue weighted by atomic mass is 16.5. The number of hydrazine groups is 1. The molecule has 1 aromatic carbocycles. The van der Waals surface area contributed by atoms with Gasteiger partial charge >= 0.3 is 0 Å². The monoisotopic (exact) mass is 393 g/mol. The van der Waals surface area contributed by atoms with Crippen molar-refractivity contribution in [1.82, 2.24) is 21.0 Å². The van der Waals surface area contributed by atoms with Crippen molar-refractivity contribution in [2.45, 2.75) is 39.5 Å². The van der Waals surface area contributed by atoms with Crippen LogP contribution in [0, 0.1) is 20.8 Å². The minimum absolute atomic E-state index is 0.0373. The Hall–Kier alpha value is -3.42. The molecule has 1 fully saturated rings. The van der Waals surface area contributed by atoms with Crippen LogP contribution in [-0.4, -0.2) is 28.5 Å². The Morgan fingerprint density at radius 2 is 1.93 bits per heavy atom. The van der Waals surface area contributed by atoms with E-state index in [4.69, 9.17) is 4.52 Å². The number of hydrogen-bond acceptors (Lipinski definition) is 6. The zero-order chi connectivity index (χ0) is 20.5. The quantitative estimate of drug-likeness (QED) is 0.575. The van der Waals surface area contributed by atoms with Gasteiger partial charge in [-0.2, -0.15) is 0 Å². The van der Waals surface area contributed by atoms with Gasteiger partial charge in [0.05, 0.1) is 23.2 Å². The third-order valence-electron chi connectivity index (χ3n) is 5.01. The van der Waals surface area contributed by atoms with Crippen molar-refractivity contribution >= 4 is 28.6 Å². The number of carbonyl (C=O) groups excluding carboxylic acids is 2. The molecule has 150 valence electrons. The van der Waals surface area contributed by atoms with Crippen molar-refractivity contribution in [2.24, 2.45) is 0 Å². The maximum atomic E-state index is 12.7. The number of hydrogen-bond donors (Lipinski definition) is 3. The van der Waals surface area contributed by atoms with E-state index in [2.05, 4.69) is 26.3 Å². The normalized spacial score (nSPS) is 13.3. The molecule has 1 aliphatic carbocycles.